The van der Waals surface area contributed by atoms with Crippen LogP contribution < -0.4 is 43.1 Å². The minimum Gasteiger partial charge on any atom is -0.619 e. The third-order valence-electron chi connectivity index (χ3n) is 10.2. The van der Waals surface area contributed by atoms with E-state index in [1.54, 1.807) is 46.8 Å². The molecule has 70 heavy (non-hydrogen) atoms. The van der Waals surface area contributed by atoms with E-state index in [1.807, 2.05) is 92.7 Å². The molecule has 0 aliphatic carbocycles. The molecule has 0 fully saturated rings. The summed E-state index contributed by atoms with van der Waals surface area (Å²) in [4.78, 5) is 48.0. The van der Waals surface area contributed by atoms with Crippen molar-refractivity contribution in [3.05, 3.63) is 216 Å². The number of nitrogens with one attached hydrogen (secondary N) is 3. The number of pyridine rings is 1. The van der Waals surface area contributed by atoms with Gasteiger partial charge in [-0.15, -0.1) is 0 Å². The Kier molecular flexibility index (Phi) is 24.9. The van der Waals surface area contributed by atoms with Gasteiger partial charge in [-0.05, 0) is 106 Å². The van der Waals surface area contributed by atoms with Gasteiger partial charge < -0.3 is 45.7 Å². The summed E-state index contributed by atoms with van der Waals surface area (Å²) in [6.07, 6.45) is 6.91. The lowest BCUT2D eigenvalue weighted by Crippen LogP contribution is -2.33. The molecule has 372 valence electrons. The fraction of sp³-hybridized carbons (Fsp3) is 0.286. The Labute approximate surface area is 438 Å². The SMILES string of the molecule is Cc1cnc(Br)c(=O)n1CCNCc1cccc(Cl)c1.Cc1cnc(Br)c(=O)n1CCO.Cc1cnc(NCCc2cccc[n+]2[O-])c(=O)n1CCNCc1cccc(Cl)c1.NCc1cccc(Cl)c1. The summed E-state index contributed by atoms with van der Waals surface area (Å²) in [6, 6.07) is 28.2. The van der Waals surface area contributed by atoms with Crippen molar-refractivity contribution in [3.8, 4) is 0 Å². The molecule has 0 radical (unpaired) electrons. The lowest BCUT2D eigenvalue weighted by Gasteiger charge is -2.13. The van der Waals surface area contributed by atoms with Crippen LogP contribution in [0.1, 0.15) is 39.5 Å². The van der Waals surface area contributed by atoms with Crippen LogP contribution in [0.5, 0.6) is 0 Å². The molecule has 7 rings (SSSR count). The second-order valence-corrected chi connectivity index (χ2v) is 18.2. The van der Waals surface area contributed by atoms with E-state index in [0.29, 0.717) is 79.9 Å². The molecule has 0 saturated carbocycles. The van der Waals surface area contributed by atoms with E-state index >= 15 is 0 Å². The van der Waals surface area contributed by atoms with Gasteiger partial charge in [0.2, 0.25) is 0 Å². The molecule has 0 unspecified atom stereocenters. The van der Waals surface area contributed by atoms with Gasteiger partial charge in [-0.25, -0.2) is 15.0 Å². The Morgan fingerprint density at radius 1 is 0.629 bits per heavy atom. The standard InChI is InChI=1S/C21H24ClN5O2.C14H15BrClN3O.C7H9BrN2O2.C7H8ClN/c1-16-14-25-20(24-9-8-19-7-2-3-11-27(19)29)21(28)26(16)12-10-23-15-17-5-4-6-18(22)13-17;1-10-8-18-13(15)14(20)19(10)6-5-17-9-11-3-2-4-12(16)7-11;1-5-4-9-6(8)7(12)10(5)2-3-11;8-7-3-1-2-6(4-7)5-9/h2-7,11,13-14,23H,8-10,12,15H2,1H3,(H,24,25);2-4,7-8,17H,5-6,9H2,1H3;4,11H,2-3H2,1H3;1-4H,5,9H2. The number of aliphatic hydroxyl groups is 1. The Hall–Kier alpha value is -5.28. The maximum Gasteiger partial charge on any atom is 0.293 e. The highest BCUT2D eigenvalue weighted by atomic mass is 79.9. The van der Waals surface area contributed by atoms with Gasteiger partial charge in [0, 0.05) is 122 Å². The molecule has 4 aromatic heterocycles. The van der Waals surface area contributed by atoms with Gasteiger partial charge in [-0.1, -0.05) is 77.3 Å². The van der Waals surface area contributed by atoms with Gasteiger partial charge in [0.25, 0.3) is 16.7 Å². The summed E-state index contributed by atoms with van der Waals surface area (Å²) >= 11 is 23.8. The summed E-state index contributed by atoms with van der Waals surface area (Å²) in [7, 11) is 0. The molecule has 6 N–H and O–H groups in total. The van der Waals surface area contributed by atoms with Gasteiger partial charge in [0.15, 0.2) is 26.9 Å². The van der Waals surface area contributed by atoms with E-state index in [4.69, 9.17) is 45.6 Å². The van der Waals surface area contributed by atoms with Crippen molar-refractivity contribution in [2.24, 2.45) is 5.73 Å². The Morgan fingerprint density at radius 3 is 1.54 bits per heavy atom. The highest BCUT2D eigenvalue weighted by Gasteiger charge is 2.10. The van der Waals surface area contributed by atoms with Crippen LogP contribution in [0.4, 0.5) is 5.82 Å². The number of anilines is 1. The minimum atomic E-state index is -0.205. The van der Waals surface area contributed by atoms with Crippen LogP contribution in [0.15, 0.2) is 139 Å². The highest BCUT2D eigenvalue weighted by molar-refractivity contribution is 9.10. The molecule has 21 heteroatoms. The first-order valence-corrected chi connectivity index (χ1v) is 24.7. The number of aliphatic hydroxyl groups excluding tert-OH is 1. The maximum absolute atomic E-state index is 12.7. The van der Waals surface area contributed by atoms with E-state index in [0.717, 1.165) is 55.1 Å². The fourth-order valence-corrected chi connectivity index (χ4v) is 7.76. The van der Waals surface area contributed by atoms with Gasteiger partial charge >= 0.3 is 0 Å². The van der Waals surface area contributed by atoms with Crippen LogP contribution in [0.25, 0.3) is 0 Å². The number of aromatic nitrogens is 7. The van der Waals surface area contributed by atoms with Crippen LogP contribution in [0.3, 0.4) is 0 Å². The van der Waals surface area contributed by atoms with Crippen LogP contribution >= 0.6 is 66.7 Å². The van der Waals surface area contributed by atoms with E-state index < -0.39 is 0 Å². The van der Waals surface area contributed by atoms with Gasteiger partial charge in [-0.2, -0.15) is 4.73 Å². The Bertz CT molecular complexity index is 2940. The smallest absolute Gasteiger partial charge is 0.293 e. The van der Waals surface area contributed by atoms with Crippen LogP contribution in [-0.2, 0) is 45.7 Å². The molecule has 3 aromatic carbocycles. The molecule has 0 amide bonds. The number of halogens is 5. The molecule has 0 aliphatic rings. The predicted molar refractivity (Wildman–Crippen MR) is 285 cm³/mol. The third-order valence-corrected chi connectivity index (χ3v) is 12.0. The van der Waals surface area contributed by atoms with Crippen molar-refractivity contribution in [1.29, 1.82) is 0 Å². The zero-order valence-electron chi connectivity index (χ0n) is 38.9. The molecule has 16 nitrogen and oxygen atoms in total. The normalized spacial score (nSPS) is 10.5. The number of nitrogens with zero attached hydrogens (tertiary/aromatic N) is 7. The monoisotopic (exact) mass is 1140 g/mol. The Balaban J connectivity index is 0.000000223. The van der Waals surface area contributed by atoms with Gasteiger partial charge in [0.1, 0.15) is 0 Å². The van der Waals surface area contributed by atoms with Crippen LogP contribution in [-0.4, -0.2) is 60.0 Å². The highest BCUT2D eigenvalue weighted by Crippen LogP contribution is 2.12. The summed E-state index contributed by atoms with van der Waals surface area (Å²) < 4.78 is 6.31. The average Bonchev–Trinajstić information content (AvgIpc) is 3.34. The van der Waals surface area contributed by atoms with E-state index in [-0.39, 0.29) is 27.9 Å². The first-order chi connectivity index (χ1) is 33.6. The molecular weight excluding hydrogens is 1090 g/mol. The van der Waals surface area contributed by atoms with Crippen molar-refractivity contribution < 1.29 is 9.84 Å². The first kappa shape index (κ1) is 57.3. The third kappa shape index (κ3) is 19.1. The molecule has 0 bridgehead atoms. The van der Waals surface area contributed by atoms with Crippen molar-refractivity contribution in [2.45, 2.75) is 66.5 Å². The number of rotatable bonds is 17. The minimum absolute atomic E-state index is 0.0444. The largest absolute Gasteiger partial charge is 0.619 e. The second kappa shape index (κ2) is 30.5. The lowest BCUT2D eigenvalue weighted by atomic mass is 10.2. The molecule has 0 saturated heterocycles. The van der Waals surface area contributed by atoms with Crippen molar-refractivity contribution in [3.63, 3.8) is 0 Å². The number of benzene rings is 3. The summed E-state index contributed by atoms with van der Waals surface area (Å²) in [5, 5.41) is 32.2. The number of aryl methyl sites for hydroxylation is 3. The van der Waals surface area contributed by atoms with E-state index in [9.17, 15) is 19.6 Å². The molecule has 7 aromatic rings. The lowest BCUT2D eigenvalue weighted by molar-refractivity contribution is -0.613. The molecule has 4 heterocycles. The molecule has 0 aliphatic heterocycles. The van der Waals surface area contributed by atoms with E-state index in [1.165, 1.54) is 10.8 Å². The Morgan fingerprint density at radius 2 is 1.09 bits per heavy atom. The second-order valence-electron chi connectivity index (χ2n) is 15.4. The van der Waals surface area contributed by atoms with Crippen LogP contribution in [0.2, 0.25) is 15.1 Å². The summed E-state index contributed by atoms with van der Waals surface area (Å²) in [5.74, 6) is 0.291. The number of hydrogen-bond donors (Lipinski definition) is 5. The molecular formula is C49H56Br2Cl3N11O5. The topological polar surface area (TPSA) is 214 Å². The average molecular weight is 1150 g/mol. The molecule has 0 atom stereocenters. The molecule has 0 spiro atoms. The first-order valence-electron chi connectivity index (χ1n) is 22.0. The quantitative estimate of drug-likeness (QED) is 0.0350. The maximum atomic E-state index is 12.7. The number of nitrogens with two attached hydrogens (primary N) is 1. The van der Waals surface area contributed by atoms with Crippen LogP contribution in [0, 0.1) is 26.0 Å². The zero-order valence-corrected chi connectivity index (χ0v) is 44.4. The summed E-state index contributed by atoms with van der Waals surface area (Å²) in [5.41, 5.74) is 11.2. The zero-order chi connectivity index (χ0) is 51.0. The van der Waals surface area contributed by atoms with Crippen molar-refractivity contribution >= 4 is 72.5 Å². The summed E-state index contributed by atoms with van der Waals surface area (Å²) in [6.45, 7) is 10.6. The van der Waals surface area contributed by atoms with Crippen molar-refractivity contribution in [1.82, 2.24) is 39.3 Å². The van der Waals surface area contributed by atoms with Gasteiger partial charge in [0.05, 0.1) is 13.0 Å². The van der Waals surface area contributed by atoms with Gasteiger partial charge in [-0.3, -0.25) is 14.4 Å². The predicted octanol–water partition coefficient (Wildman–Crippen LogP) is 7.15. The van der Waals surface area contributed by atoms with E-state index in [2.05, 4.69) is 62.8 Å². The van der Waals surface area contributed by atoms with Crippen molar-refractivity contribution in [2.75, 3.05) is 31.6 Å². The number of hydrogen-bond acceptors (Lipinski definition) is 12. The fourth-order valence-electron chi connectivity index (χ4n) is 6.49.